The van der Waals surface area contributed by atoms with Gasteiger partial charge in [0.25, 0.3) is 11.5 Å². The molecule has 2 heterocycles. The van der Waals surface area contributed by atoms with Crippen LogP contribution in [0.4, 0.5) is 5.69 Å². The zero-order valence-electron chi connectivity index (χ0n) is 16.3. The zero-order chi connectivity index (χ0) is 20.4. The maximum Gasteiger partial charge on any atom is 0.263 e. The molecule has 4 rings (SSSR count). The molecule has 144 valence electrons. The van der Waals surface area contributed by atoms with Crippen LogP contribution in [0.2, 0.25) is 0 Å². The number of carbonyl (C=O) groups excluding carboxylic acids is 1. The Morgan fingerprint density at radius 2 is 1.83 bits per heavy atom. The third-order valence-corrected chi connectivity index (χ3v) is 4.79. The number of aromatic nitrogens is 2. The van der Waals surface area contributed by atoms with Crippen molar-refractivity contribution >= 4 is 22.5 Å². The van der Waals surface area contributed by atoms with Gasteiger partial charge in [-0.1, -0.05) is 48.0 Å². The SMILES string of the molecule is Cc1cccc(Cn2cccc(C(=O)Nc3cc(C)nc4ccccc34)c2=O)c1. The van der Waals surface area contributed by atoms with Crippen LogP contribution in [0.3, 0.4) is 0 Å². The van der Waals surface area contributed by atoms with E-state index >= 15 is 0 Å². The Morgan fingerprint density at radius 3 is 2.66 bits per heavy atom. The number of anilines is 1. The molecule has 5 nitrogen and oxygen atoms in total. The maximum absolute atomic E-state index is 12.9. The average Bonchev–Trinajstić information content (AvgIpc) is 2.69. The molecule has 0 aliphatic rings. The van der Waals surface area contributed by atoms with Gasteiger partial charge in [-0.25, -0.2) is 0 Å². The van der Waals surface area contributed by atoms with Crippen LogP contribution in [-0.2, 0) is 6.54 Å². The van der Waals surface area contributed by atoms with E-state index in [4.69, 9.17) is 0 Å². The highest BCUT2D eigenvalue weighted by Gasteiger charge is 2.14. The molecule has 0 fully saturated rings. The Labute approximate surface area is 168 Å². The Bertz CT molecular complexity index is 1270. The second kappa shape index (κ2) is 7.72. The molecule has 4 aromatic rings. The number of fused-ring (bicyclic) bond motifs is 1. The zero-order valence-corrected chi connectivity index (χ0v) is 16.3. The van der Waals surface area contributed by atoms with Crippen LogP contribution in [0.15, 0.2) is 77.7 Å². The van der Waals surface area contributed by atoms with Gasteiger partial charge >= 0.3 is 0 Å². The highest BCUT2D eigenvalue weighted by Crippen LogP contribution is 2.23. The number of amides is 1. The minimum absolute atomic E-state index is 0.110. The molecule has 0 atom stereocenters. The topological polar surface area (TPSA) is 64.0 Å². The number of para-hydroxylation sites is 1. The molecule has 0 bridgehead atoms. The van der Waals surface area contributed by atoms with Crippen LogP contribution < -0.4 is 10.9 Å². The van der Waals surface area contributed by atoms with E-state index < -0.39 is 5.91 Å². The molecule has 0 aliphatic heterocycles. The Kier molecular flexibility index (Phi) is 4.96. The van der Waals surface area contributed by atoms with E-state index in [1.54, 1.807) is 22.9 Å². The fourth-order valence-corrected chi connectivity index (χ4v) is 3.44. The molecule has 0 radical (unpaired) electrons. The second-order valence-electron chi connectivity index (χ2n) is 7.13. The van der Waals surface area contributed by atoms with Crippen LogP contribution in [0.25, 0.3) is 10.9 Å². The summed E-state index contributed by atoms with van der Waals surface area (Å²) in [7, 11) is 0. The van der Waals surface area contributed by atoms with E-state index in [1.807, 2.05) is 68.4 Å². The van der Waals surface area contributed by atoms with Crippen LogP contribution >= 0.6 is 0 Å². The van der Waals surface area contributed by atoms with Gasteiger partial charge in [-0.15, -0.1) is 0 Å². The third-order valence-electron chi connectivity index (χ3n) is 4.79. The van der Waals surface area contributed by atoms with E-state index in [9.17, 15) is 9.59 Å². The van der Waals surface area contributed by atoms with E-state index in [2.05, 4.69) is 10.3 Å². The van der Waals surface area contributed by atoms with Gasteiger partial charge < -0.3 is 9.88 Å². The number of hydrogen-bond acceptors (Lipinski definition) is 3. The number of carbonyl (C=O) groups is 1. The number of benzene rings is 2. The number of aryl methyl sites for hydroxylation is 2. The number of rotatable bonds is 4. The molecule has 2 aromatic carbocycles. The number of nitrogens with zero attached hydrogens (tertiary/aromatic N) is 2. The van der Waals surface area contributed by atoms with Crippen molar-refractivity contribution < 1.29 is 4.79 Å². The Balaban J connectivity index is 1.66. The van der Waals surface area contributed by atoms with Gasteiger partial charge in [0.15, 0.2) is 0 Å². The van der Waals surface area contributed by atoms with Crippen molar-refractivity contribution in [1.29, 1.82) is 0 Å². The van der Waals surface area contributed by atoms with Crippen LogP contribution in [0, 0.1) is 13.8 Å². The molecule has 1 N–H and O–H groups in total. The van der Waals surface area contributed by atoms with Crippen molar-refractivity contribution in [2.45, 2.75) is 20.4 Å². The van der Waals surface area contributed by atoms with Gasteiger partial charge in [0, 0.05) is 17.3 Å². The van der Waals surface area contributed by atoms with Crippen molar-refractivity contribution in [3.8, 4) is 0 Å². The summed E-state index contributed by atoms with van der Waals surface area (Å²) in [5, 5.41) is 3.73. The fourth-order valence-electron chi connectivity index (χ4n) is 3.44. The summed E-state index contributed by atoms with van der Waals surface area (Å²) in [6.07, 6.45) is 1.70. The molecule has 0 saturated heterocycles. The first-order chi connectivity index (χ1) is 14.0. The van der Waals surface area contributed by atoms with Crippen molar-refractivity contribution in [3.63, 3.8) is 0 Å². The monoisotopic (exact) mass is 383 g/mol. The lowest BCUT2D eigenvalue weighted by Gasteiger charge is -2.11. The van der Waals surface area contributed by atoms with Gasteiger partial charge in [-0.3, -0.25) is 14.6 Å². The predicted molar refractivity (Wildman–Crippen MR) is 115 cm³/mol. The Hall–Kier alpha value is -3.73. The number of hydrogen-bond donors (Lipinski definition) is 1. The molecule has 29 heavy (non-hydrogen) atoms. The summed E-state index contributed by atoms with van der Waals surface area (Å²) in [5.74, 6) is -0.427. The second-order valence-corrected chi connectivity index (χ2v) is 7.13. The van der Waals surface area contributed by atoms with Crippen LogP contribution in [-0.4, -0.2) is 15.5 Å². The van der Waals surface area contributed by atoms with Crippen LogP contribution in [0.1, 0.15) is 27.2 Å². The molecule has 0 unspecified atom stereocenters. The minimum Gasteiger partial charge on any atom is -0.321 e. The van der Waals surface area contributed by atoms with Crippen molar-refractivity contribution in [1.82, 2.24) is 9.55 Å². The van der Waals surface area contributed by atoms with Gasteiger partial charge in [0.2, 0.25) is 0 Å². The van der Waals surface area contributed by atoms with Gasteiger partial charge in [0.1, 0.15) is 5.56 Å². The van der Waals surface area contributed by atoms with E-state index in [1.165, 1.54) is 0 Å². The summed E-state index contributed by atoms with van der Waals surface area (Å²) >= 11 is 0. The normalized spacial score (nSPS) is 10.8. The first-order valence-electron chi connectivity index (χ1n) is 9.44. The number of nitrogens with one attached hydrogen (secondary N) is 1. The molecule has 1 amide bonds. The molecule has 5 heteroatoms. The quantitative estimate of drug-likeness (QED) is 0.571. The lowest BCUT2D eigenvalue weighted by molar-refractivity contribution is 0.102. The smallest absolute Gasteiger partial charge is 0.263 e. The lowest BCUT2D eigenvalue weighted by atomic mass is 10.1. The van der Waals surface area contributed by atoms with Crippen molar-refractivity contribution in [2.24, 2.45) is 0 Å². The average molecular weight is 383 g/mol. The Morgan fingerprint density at radius 1 is 1.00 bits per heavy atom. The van der Waals surface area contributed by atoms with Crippen molar-refractivity contribution in [3.05, 3.63) is 106 Å². The summed E-state index contributed by atoms with van der Waals surface area (Å²) in [5.41, 5.74) is 4.17. The largest absolute Gasteiger partial charge is 0.321 e. The molecule has 0 aliphatic carbocycles. The van der Waals surface area contributed by atoms with Gasteiger partial charge in [-0.2, -0.15) is 0 Å². The molecule has 0 spiro atoms. The lowest BCUT2D eigenvalue weighted by Crippen LogP contribution is -2.29. The number of pyridine rings is 2. The predicted octanol–water partition coefficient (Wildman–Crippen LogP) is 4.31. The van der Waals surface area contributed by atoms with E-state index in [0.29, 0.717) is 12.2 Å². The first-order valence-corrected chi connectivity index (χ1v) is 9.44. The van der Waals surface area contributed by atoms with Gasteiger partial charge in [0.05, 0.1) is 17.7 Å². The maximum atomic E-state index is 12.9. The summed E-state index contributed by atoms with van der Waals surface area (Å²) in [6, 6.07) is 20.7. The third kappa shape index (κ3) is 3.94. The summed E-state index contributed by atoms with van der Waals surface area (Å²) in [4.78, 5) is 30.3. The van der Waals surface area contributed by atoms with E-state index in [-0.39, 0.29) is 11.1 Å². The first kappa shape index (κ1) is 18.6. The summed E-state index contributed by atoms with van der Waals surface area (Å²) < 4.78 is 1.56. The fraction of sp³-hybridized carbons (Fsp3) is 0.125. The van der Waals surface area contributed by atoms with Crippen LogP contribution in [0.5, 0.6) is 0 Å². The highest BCUT2D eigenvalue weighted by atomic mass is 16.2. The molecule has 2 aromatic heterocycles. The van der Waals surface area contributed by atoms with Gasteiger partial charge in [-0.05, 0) is 43.7 Å². The molecule has 0 saturated carbocycles. The minimum atomic E-state index is -0.427. The standard InChI is InChI=1S/C24H21N3O2/c1-16-7-5-8-18(13-16)15-27-12-6-10-20(24(27)29)23(28)26-22-14-17(2)25-21-11-4-3-9-19(21)22/h3-14H,15H2,1-2H3,(H,25,26,28). The van der Waals surface area contributed by atoms with E-state index in [0.717, 1.165) is 27.7 Å². The molecular formula is C24H21N3O2. The molecular weight excluding hydrogens is 362 g/mol. The summed E-state index contributed by atoms with van der Waals surface area (Å²) in [6.45, 7) is 4.30. The highest BCUT2D eigenvalue weighted by molar-refractivity contribution is 6.08. The van der Waals surface area contributed by atoms with Crippen molar-refractivity contribution in [2.75, 3.05) is 5.32 Å².